The average molecular weight is 225 g/mol. The molecule has 0 radical (unpaired) electrons. The van der Waals surface area contributed by atoms with Crippen molar-refractivity contribution < 1.29 is 8.76 Å². The van der Waals surface area contributed by atoms with Gasteiger partial charge in [0.25, 0.3) is 0 Å². The van der Waals surface area contributed by atoms with E-state index in [9.17, 15) is 0 Å². The Bertz CT molecular complexity index is 131. The van der Waals surface area contributed by atoms with Crippen LogP contribution in [0.2, 0.25) is 0 Å². The standard InChI is InChI=1S/C9H20.HO2S2/c1-3-5-7-9-8-6-4-2;1-4(2)3/h3-9H2,1-2H3;(H,1,2,3)/q;-1. The van der Waals surface area contributed by atoms with Crippen LogP contribution in [0.1, 0.15) is 58.8 Å². The van der Waals surface area contributed by atoms with E-state index in [0.29, 0.717) is 0 Å². The SMILES string of the molecule is CCCCCCCCC.O=[S-](O)=S. The molecule has 0 fully saturated rings. The molecular weight excluding hydrogens is 204 g/mol. The van der Waals surface area contributed by atoms with Crippen molar-refractivity contribution in [1.29, 1.82) is 0 Å². The summed E-state index contributed by atoms with van der Waals surface area (Å²) in [5, 5.41) is 0. The Morgan fingerprint density at radius 1 is 1.00 bits per heavy atom. The van der Waals surface area contributed by atoms with Crippen LogP contribution in [-0.2, 0) is 25.0 Å². The molecule has 0 unspecified atom stereocenters. The first-order chi connectivity index (χ1) is 6.15. The van der Waals surface area contributed by atoms with Crippen molar-refractivity contribution in [3.8, 4) is 0 Å². The average Bonchev–Trinajstić information content (AvgIpc) is 2.03. The quantitative estimate of drug-likeness (QED) is 0.426. The maximum atomic E-state index is 8.93. The van der Waals surface area contributed by atoms with Gasteiger partial charge in [0.05, 0.1) is 0 Å². The summed E-state index contributed by atoms with van der Waals surface area (Å²) >= 11 is 3.65. The van der Waals surface area contributed by atoms with Gasteiger partial charge in [-0.25, -0.2) is 11.2 Å². The van der Waals surface area contributed by atoms with E-state index in [0.717, 1.165) is 0 Å². The largest absolute Gasteiger partial charge is 0.459 e. The lowest BCUT2D eigenvalue weighted by Crippen LogP contribution is -1.76. The molecule has 13 heavy (non-hydrogen) atoms. The Kier molecular flexibility index (Phi) is 18.0. The van der Waals surface area contributed by atoms with Crippen molar-refractivity contribution >= 4 is 20.8 Å². The van der Waals surface area contributed by atoms with E-state index >= 15 is 0 Å². The molecule has 0 saturated heterocycles. The summed E-state index contributed by atoms with van der Waals surface area (Å²) in [7, 11) is -2.03. The van der Waals surface area contributed by atoms with Gasteiger partial charge in [0.15, 0.2) is 0 Å². The first-order valence-corrected chi connectivity index (χ1v) is 6.96. The van der Waals surface area contributed by atoms with Gasteiger partial charge in [-0.2, -0.15) is 0 Å². The summed E-state index contributed by atoms with van der Waals surface area (Å²) in [5.41, 5.74) is 0. The van der Waals surface area contributed by atoms with Gasteiger partial charge in [-0.1, -0.05) is 68.4 Å². The third kappa shape index (κ3) is 32.8. The summed E-state index contributed by atoms with van der Waals surface area (Å²) < 4.78 is 16.3. The third-order valence-electron chi connectivity index (χ3n) is 1.71. The van der Waals surface area contributed by atoms with Crippen LogP contribution in [0.4, 0.5) is 0 Å². The molecule has 0 aromatic carbocycles. The Morgan fingerprint density at radius 3 is 1.46 bits per heavy atom. The maximum Gasteiger partial charge on any atom is -0.0533 e. The second-order valence-corrected chi connectivity index (χ2v) is 4.27. The van der Waals surface area contributed by atoms with Gasteiger partial charge in [0.2, 0.25) is 0 Å². The highest BCUT2D eigenvalue weighted by Gasteiger charge is 1.85. The van der Waals surface area contributed by atoms with Crippen molar-refractivity contribution in [2.45, 2.75) is 58.8 Å². The smallest absolute Gasteiger partial charge is 0.0533 e. The fourth-order valence-electron chi connectivity index (χ4n) is 1.03. The van der Waals surface area contributed by atoms with Crippen LogP contribution in [0, 0.1) is 0 Å². The van der Waals surface area contributed by atoms with E-state index in [2.05, 4.69) is 25.0 Å². The van der Waals surface area contributed by atoms with Gasteiger partial charge in [-0.05, 0) is 0 Å². The second-order valence-electron chi connectivity index (χ2n) is 2.98. The molecule has 0 saturated carbocycles. The van der Waals surface area contributed by atoms with Crippen LogP contribution in [0.5, 0.6) is 0 Å². The summed E-state index contributed by atoms with van der Waals surface area (Å²) in [6, 6.07) is 0. The molecule has 0 atom stereocenters. The second kappa shape index (κ2) is 14.8. The molecule has 4 heteroatoms. The highest BCUT2D eigenvalue weighted by molar-refractivity contribution is 8.18. The first-order valence-electron chi connectivity index (χ1n) is 4.93. The predicted octanol–water partition coefficient (Wildman–Crippen LogP) is 3.64. The van der Waals surface area contributed by atoms with E-state index in [-0.39, 0.29) is 0 Å². The van der Waals surface area contributed by atoms with Crippen LogP contribution in [0.25, 0.3) is 0 Å². The minimum Gasteiger partial charge on any atom is -0.459 e. The van der Waals surface area contributed by atoms with Crippen LogP contribution in [-0.4, -0.2) is 4.55 Å². The molecule has 0 aliphatic rings. The van der Waals surface area contributed by atoms with Crippen molar-refractivity contribution in [1.82, 2.24) is 0 Å². The monoisotopic (exact) mass is 225 g/mol. The molecule has 0 bridgehead atoms. The molecule has 0 aliphatic heterocycles. The fraction of sp³-hybridized carbons (Fsp3) is 1.00. The molecule has 0 aromatic rings. The summed E-state index contributed by atoms with van der Waals surface area (Å²) in [6.45, 7) is 4.53. The Labute approximate surface area is 88.7 Å². The van der Waals surface area contributed by atoms with E-state index in [1.54, 1.807) is 0 Å². The van der Waals surface area contributed by atoms with Crippen LogP contribution in [0.15, 0.2) is 0 Å². The van der Waals surface area contributed by atoms with Crippen molar-refractivity contribution in [3.63, 3.8) is 0 Å². The number of hydrogen-bond acceptors (Lipinski definition) is 3. The zero-order valence-corrected chi connectivity index (χ0v) is 10.3. The molecule has 82 valence electrons. The Morgan fingerprint density at radius 2 is 1.23 bits per heavy atom. The minimum absolute atomic E-state index is 1.37. The summed E-state index contributed by atoms with van der Waals surface area (Å²) in [4.78, 5) is 0. The lowest BCUT2D eigenvalue weighted by Gasteiger charge is -1.96. The van der Waals surface area contributed by atoms with Crippen LogP contribution in [0.3, 0.4) is 0 Å². The molecule has 0 heterocycles. The zero-order valence-electron chi connectivity index (χ0n) is 8.62. The third-order valence-corrected chi connectivity index (χ3v) is 1.71. The zero-order chi connectivity index (χ0) is 10.5. The van der Waals surface area contributed by atoms with E-state index in [4.69, 9.17) is 8.76 Å². The lowest BCUT2D eigenvalue weighted by atomic mass is 10.1. The fourth-order valence-corrected chi connectivity index (χ4v) is 1.03. The molecule has 1 N–H and O–H groups in total. The van der Waals surface area contributed by atoms with Gasteiger partial charge in [0, 0.05) is 0 Å². The first kappa shape index (κ1) is 15.8. The van der Waals surface area contributed by atoms with Gasteiger partial charge in [0.1, 0.15) is 0 Å². The van der Waals surface area contributed by atoms with Crippen LogP contribution >= 0.6 is 0 Å². The Hall–Kier alpha value is 0.330. The minimum atomic E-state index is -2.03. The molecule has 2 nitrogen and oxygen atoms in total. The number of unbranched alkanes of at least 4 members (excludes halogenated alkanes) is 6. The lowest BCUT2D eigenvalue weighted by molar-refractivity contribution is 0.536. The van der Waals surface area contributed by atoms with Crippen molar-refractivity contribution in [3.05, 3.63) is 0 Å². The van der Waals surface area contributed by atoms with E-state index in [1.807, 2.05) is 0 Å². The molecule has 0 rings (SSSR count). The topological polar surface area (TPSA) is 37.3 Å². The van der Waals surface area contributed by atoms with Gasteiger partial charge < -0.3 is 8.76 Å². The molecule has 0 amide bonds. The summed E-state index contributed by atoms with van der Waals surface area (Å²) in [5.74, 6) is 0. The molecule has 0 spiro atoms. The highest BCUT2D eigenvalue weighted by atomic mass is 32.8. The normalized spacial score (nSPS) is 9.54. The molecule has 0 aromatic heterocycles. The number of hydrogen-bond donors (Lipinski definition) is 1. The van der Waals surface area contributed by atoms with Crippen LogP contribution < -0.4 is 0 Å². The Balaban J connectivity index is 0. The summed E-state index contributed by atoms with van der Waals surface area (Å²) in [6.07, 6.45) is 9.97. The van der Waals surface area contributed by atoms with E-state index < -0.39 is 9.64 Å². The van der Waals surface area contributed by atoms with Crippen molar-refractivity contribution in [2.75, 3.05) is 0 Å². The molecule has 0 aliphatic carbocycles. The molecular formula is C9H21O2S2-. The van der Waals surface area contributed by atoms with Gasteiger partial charge in [-0.15, -0.1) is 0 Å². The highest BCUT2D eigenvalue weighted by Crippen LogP contribution is 2.05. The van der Waals surface area contributed by atoms with Gasteiger partial charge in [-0.3, -0.25) is 0 Å². The number of rotatable bonds is 6. The predicted molar refractivity (Wildman–Crippen MR) is 61.7 cm³/mol. The van der Waals surface area contributed by atoms with Crippen molar-refractivity contribution in [2.24, 2.45) is 0 Å². The van der Waals surface area contributed by atoms with Gasteiger partial charge >= 0.3 is 0 Å². The van der Waals surface area contributed by atoms with E-state index in [1.165, 1.54) is 44.9 Å². The maximum absolute atomic E-state index is 8.93.